The highest BCUT2D eigenvalue weighted by Crippen LogP contribution is 2.37. The number of anilines is 2. The minimum Gasteiger partial charge on any atom is -0.486 e. The molecule has 21 heavy (non-hydrogen) atoms. The van der Waals surface area contributed by atoms with E-state index >= 15 is 0 Å². The van der Waals surface area contributed by atoms with Gasteiger partial charge in [0.2, 0.25) is 0 Å². The first-order valence-electron chi connectivity index (χ1n) is 6.88. The number of fused-ring (bicyclic) bond motifs is 1. The van der Waals surface area contributed by atoms with Crippen molar-refractivity contribution in [3.05, 3.63) is 47.5 Å². The van der Waals surface area contributed by atoms with Gasteiger partial charge in [-0.05, 0) is 11.1 Å². The third-order valence-electron chi connectivity index (χ3n) is 3.40. The number of hydrogen-bond acceptors (Lipinski definition) is 5. The van der Waals surface area contributed by atoms with E-state index in [2.05, 4.69) is 5.32 Å². The van der Waals surface area contributed by atoms with Gasteiger partial charge in [0.15, 0.2) is 11.5 Å². The highest BCUT2D eigenvalue weighted by molar-refractivity contribution is 5.72. The molecule has 5 nitrogen and oxygen atoms in total. The Kier molecular flexibility index (Phi) is 3.83. The van der Waals surface area contributed by atoms with Gasteiger partial charge in [0, 0.05) is 18.7 Å². The molecule has 0 unspecified atom stereocenters. The van der Waals surface area contributed by atoms with Crippen molar-refractivity contribution in [2.45, 2.75) is 13.2 Å². The Balaban J connectivity index is 1.72. The van der Waals surface area contributed by atoms with Gasteiger partial charge in [-0.3, -0.25) is 0 Å². The van der Waals surface area contributed by atoms with Crippen molar-refractivity contribution in [1.82, 2.24) is 0 Å². The van der Waals surface area contributed by atoms with Crippen molar-refractivity contribution in [3.8, 4) is 11.5 Å². The molecule has 0 spiro atoms. The summed E-state index contributed by atoms with van der Waals surface area (Å²) < 4.78 is 11.0. The average Bonchev–Trinajstić information content (AvgIpc) is 2.53. The molecule has 0 radical (unpaired) electrons. The summed E-state index contributed by atoms with van der Waals surface area (Å²) >= 11 is 0. The number of hydrogen-bond donors (Lipinski definition) is 3. The van der Waals surface area contributed by atoms with Gasteiger partial charge in [0.1, 0.15) is 13.2 Å². The number of benzene rings is 2. The van der Waals surface area contributed by atoms with E-state index in [1.54, 1.807) is 6.07 Å². The van der Waals surface area contributed by atoms with Crippen molar-refractivity contribution < 1.29 is 14.6 Å². The Morgan fingerprint density at radius 3 is 2.29 bits per heavy atom. The van der Waals surface area contributed by atoms with Crippen molar-refractivity contribution in [2.75, 3.05) is 24.3 Å². The van der Waals surface area contributed by atoms with Gasteiger partial charge >= 0.3 is 0 Å². The molecular weight excluding hydrogens is 268 g/mol. The van der Waals surface area contributed by atoms with Crippen LogP contribution >= 0.6 is 0 Å². The fraction of sp³-hybridized carbons (Fsp3) is 0.250. The van der Waals surface area contributed by atoms with Crippen LogP contribution in [0.3, 0.4) is 0 Å². The van der Waals surface area contributed by atoms with E-state index in [1.807, 2.05) is 30.3 Å². The molecule has 2 aromatic carbocycles. The molecule has 0 atom stereocenters. The Hall–Kier alpha value is -2.40. The summed E-state index contributed by atoms with van der Waals surface area (Å²) in [6, 6.07) is 11.4. The molecule has 110 valence electrons. The van der Waals surface area contributed by atoms with Crippen LogP contribution in [-0.2, 0) is 13.2 Å². The average molecular weight is 286 g/mol. The topological polar surface area (TPSA) is 76.7 Å². The molecule has 2 aromatic rings. The normalized spacial score (nSPS) is 13.0. The zero-order valence-corrected chi connectivity index (χ0v) is 11.6. The Bertz CT molecular complexity index is 626. The molecule has 0 amide bonds. The molecule has 5 heteroatoms. The molecule has 3 rings (SSSR count). The van der Waals surface area contributed by atoms with Gasteiger partial charge < -0.3 is 25.6 Å². The van der Waals surface area contributed by atoms with Crippen LogP contribution in [0.2, 0.25) is 0 Å². The summed E-state index contributed by atoms with van der Waals surface area (Å²) in [4.78, 5) is 0. The van der Waals surface area contributed by atoms with E-state index in [4.69, 9.17) is 20.3 Å². The predicted molar refractivity (Wildman–Crippen MR) is 81.5 cm³/mol. The summed E-state index contributed by atoms with van der Waals surface area (Å²) in [5.74, 6) is 1.41. The fourth-order valence-electron chi connectivity index (χ4n) is 2.22. The second-order valence-electron chi connectivity index (χ2n) is 4.91. The largest absolute Gasteiger partial charge is 0.486 e. The Morgan fingerprint density at radius 2 is 1.62 bits per heavy atom. The van der Waals surface area contributed by atoms with Crippen molar-refractivity contribution in [1.29, 1.82) is 0 Å². The van der Waals surface area contributed by atoms with Crippen molar-refractivity contribution in [3.63, 3.8) is 0 Å². The van der Waals surface area contributed by atoms with Crippen LogP contribution in [0.4, 0.5) is 11.4 Å². The standard InChI is InChI=1S/C16H18N2O3/c17-13-7-15-16(21-6-5-20-15)8-14(13)18-9-11-1-3-12(10-19)4-2-11/h1-4,7-8,18-19H,5-6,9-10,17H2. The van der Waals surface area contributed by atoms with E-state index in [0.29, 0.717) is 36.9 Å². The van der Waals surface area contributed by atoms with E-state index in [9.17, 15) is 0 Å². The molecule has 1 aliphatic rings. The molecule has 0 fully saturated rings. The molecular formula is C16H18N2O3. The maximum atomic E-state index is 9.03. The van der Waals surface area contributed by atoms with Crippen LogP contribution in [-0.4, -0.2) is 18.3 Å². The van der Waals surface area contributed by atoms with Gasteiger partial charge in [-0.25, -0.2) is 0 Å². The van der Waals surface area contributed by atoms with Crippen LogP contribution in [0.15, 0.2) is 36.4 Å². The lowest BCUT2D eigenvalue weighted by molar-refractivity contribution is 0.172. The summed E-state index contributed by atoms with van der Waals surface area (Å²) in [6.45, 7) is 1.81. The summed E-state index contributed by atoms with van der Waals surface area (Å²) in [5.41, 5.74) is 9.49. The predicted octanol–water partition coefficient (Wildman–Crippen LogP) is 2.14. The van der Waals surface area contributed by atoms with Crippen LogP contribution in [0, 0.1) is 0 Å². The number of rotatable bonds is 4. The molecule has 0 saturated carbocycles. The quantitative estimate of drug-likeness (QED) is 0.751. The molecule has 1 aliphatic heterocycles. The lowest BCUT2D eigenvalue weighted by atomic mass is 10.1. The monoisotopic (exact) mass is 286 g/mol. The summed E-state index contributed by atoms with van der Waals surface area (Å²) in [6.07, 6.45) is 0. The van der Waals surface area contributed by atoms with Gasteiger partial charge in [0.05, 0.1) is 18.0 Å². The summed E-state index contributed by atoms with van der Waals surface area (Å²) in [5, 5.41) is 12.3. The first kappa shape index (κ1) is 13.6. The number of aliphatic hydroxyl groups excluding tert-OH is 1. The molecule has 1 heterocycles. The van der Waals surface area contributed by atoms with Crippen LogP contribution in [0.25, 0.3) is 0 Å². The second kappa shape index (κ2) is 5.93. The van der Waals surface area contributed by atoms with E-state index < -0.39 is 0 Å². The third-order valence-corrected chi connectivity index (χ3v) is 3.40. The van der Waals surface area contributed by atoms with Gasteiger partial charge in [0.25, 0.3) is 0 Å². The molecule has 0 bridgehead atoms. The third kappa shape index (κ3) is 3.03. The van der Waals surface area contributed by atoms with Gasteiger partial charge in [-0.2, -0.15) is 0 Å². The highest BCUT2D eigenvalue weighted by Gasteiger charge is 2.14. The zero-order valence-electron chi connectivity index (χ0n) is 11.6. The van der Waals surface area contributed by atoms with Crippen molar-refractivity contribution >= 4 is 11.4 Å². The minimum atomic E-state index is 0.0584. The molecule has 0 aromatic heterocycles. The smallest absolute Gasteiger partial charge is 0.163 e. The van der Waals surface area contributed by atoms with Gasteiger partial charge in [-0.15, -0.1) is 0 Å². The number of ether oxygens (including phenoxy) is 2. The van der Waals surface area contributed by atoms with Crippen molar-refractivity contribution in [2.24, 2.45) is 0 Å². The van der Waals surface area contributed by atoms with E-state index in [0.717, 1.165) is 16.8 Å². The first-order chi connectivity index (χ1) is 10.3. The van der Waals surface area contributed by atoms with Crippen LogP contribution < -0.4 is 20.5 Å². The first-order valence-corrected chi connectivity index (χ1v) is 6.88. The van der Waals surface area contributed by atoms with Crippen LogP contribution in [0.1, 0.15) is 11.1 Å². The number of nitrogen functional groups attached to an aromatic ring is 1. The Morgan fingerprint density at radius 1 is 1.00 bits per heavy atom. The summed E-state index contributed by atoms with van der Waals surface area (Å²) in [7, 11) is 0. The molecule has 0 aliphatic carbocycles. The number of nitrogens with one attached hydrogen (secondary N) is 1. The molecule has 4 N–H and O–H groups in total. The zero-order chi connectivity index (χ0) is 14.7. The Labute approximate surface area is 123 Å². The number of aliphatic hydroxyl groups is 1. The lowest BCUT2D eigenvalue weighted by Gasteiger charge is -2.20. The number of nitrogens with two attached hydrogens (primary N) is 1. The molecule has 0 saturated heterocycles. The fourth-order valence-corrected chi connectivity index (χ4v) is 2.22. The maximum absolute atomic E-state index is 9.03. The highest BCUT2D eigenvalue weighted by atomic mass is 16.6. The van der Waals surface area contributed by atoms with Crippen LogP contribution in [0.5, 0.6) is 11.5 Å². The SMILES string of the molecule is Nc1cc2c(cc1NCc1ccc(CO)cc1)OCCO2. The lowest BCUT2D eigenvalue weighted by Crippen LogP contribution is -2.16. The van der Waals surface area contributed by atoms with Gasteiger partial charge in [-0.1, -0.05) is 24.3 Å². The maximum Gasteiger partial charge on any atom is 0.163 e. The van der Waals surface area contributed by atoms with E-state index in [1.165, 1.54) is 0 Å². The minimum absolute atomic E-state index is 0.0584. The second-order valence-corrected chi connectivity index (χ2v) is 4.91. The van der Waals surface area contributed by atoms with E-state index in [-0.39, 0.29) is 6.61 Å².